The predicted octanol–water partition coefficient (Wildman–Crippen LogP) is 3.62. The Morgan fingerprint density at radius 3 is 2.79 bits per heavy atom. The van der Waals surface area contributed by atoms with Crippen molar-refractivity contribution in [2.45, 2.75) is 45.1 Å². The highest BCUT2D eigenvalue weighted by atomic mass is 19.1. The predicted molar refractivity (Wildman–Crippen MR) is 105 cm³/mol. The molecule has 148 valence electrons. The molecule has 0 radical (unpaired) electrons. The van der Waals surface area contributed by atoms with Crippen LogP contribution >= 0.6 is 0 Å². The zero-order valence-electron chi connectivity index (χ0n) is 16.3. The number of hydrogen-bond acceptors (Lipinski definition) is 3. The first-order chi connectivity index (χ1) is 13.4. The minimum absolute atomic E-state index is 0.0564. The van der Waals surface area contributed by atoms with E-state index in [9.17, 15) is 14.0 Å². The van der Waals surface area contributed by atoms with E-state index in [0.717, 1.165) is 31.2 Å². The van der Waals surface area contributed by atoms with Gasteiger partial charge in [-0.15, -0.1) is 0 Å². The minimum atomic E-state index is -0.450. The number of likely N-dealkylation sites (tertiary alicyclic amines) is 1. The maximum Gasteiger partial charge on any atom is 0.272 e. The molecule has 1 saturated heterocycles. The monoisotopic (exact) mass is 383 g/mol. The molecule has 0 unspecified atom stereocenters. The van der Waals surface area contributed by atoms with E-state index >= 15 is 0 Å². The summed E-state index contributed by atoms with van der Waals surface area (Å²) in [6.07, 6.45) is 4.05. The number of fused-ring (bicyclic) bond motifs is 4. The third-order valence-corrected chi connectivity index (χ3v) is 6.07. The standard InChI is InChI=1S/C22H26FN3O2/c1-14(2)6-9-20-16-10-15(19-4-3-5-21(27)26(19)20)12-25(13-16)22(28)18-8-7-17(23)11-24-18/h3-5,7-8,11,14-16,20H,6,9-10,12-13H2,1-2H3/t15-,16+,20+/m1/s1. The van der Waals surface area contributed by atoms with Crippen molar-refractivity contribution in [1.29, 1.82) is 0 Å². The number of carbonyl (C=O) groups is 1. The fraction of sp³-hybridized carbons (Fsp3) is 0.500. The van der Waals surface area contributed by atoms with E-state index in [1.807, 2.05) is 21.6 Å². The lowest BCUT2D eigenvalue weighted by Gasteiger charge is -2.47. The highest BCUT2D eigenvalue weighted by Gasteiger charge is 2.41. The number of halogens is 1. The molecule has 2 aromatic heterocycles. The molecule has 5 nitrogen and oxygen atoms in total. The van der Waals surface area contributed by atoms with Gasteiger partial charge in [0.05, 0.1) is 6.20 Å². The van der Waals surface area contributed by atoms with E-state index < -0.39 is 5.82 Å². The van der Waals surface area contributed by atoms with Crippen molar-refractivity contribution < 1.29 is 9.18 Å². The number of amides is 1. The van der Waals surface area contributed by atoms with E-state index in [1.54, 1.807) is 6.07 Å². The summed E-state index contributed by atoms with van der Waals surface area (Å²) in [5.41, 5.74) is 1.36. The molecule has 0 aliphatic carbocycles. The van der Waals surface area contributed by atoms with Crippen molar-refractivity contribution in [3.8, 4) is 0 Å². The summed E-state index contributed by atoms with van der Waals surface area (Å²) in [5, 5.41) is 0. The van der Waals surface area contributed by atoms with Gasteiger partial charge in [-0.2, -0.15) is 0 Å². The SMILES string of the molecule is CC(C)CC[C@H]1[C@H]2C[C@H](CN(C(=O)c3ccc(F)cn3)C2)c2cccc(=O)n21. The number of pyridine rings is 2. The topological polar surface area (TPSA) is 55.2 Å². The summed E-state index contributed by atoms with van der Waals surface area (Å²) < 4.78 is 15.2. The highest BCUT2D eigenvalue weighted by molar-refractivity contribution is 5.92. The second kappa shape index (κ2) is 7.49. The van der Waals surface area contributed by atoms with Crippen molar-refractivity contribution >= 4 is 5.91 Å². The van der Waals surface area contributed by atoms with Gasteiger partial charge in [0.1, 0.15) is 11.5 Å². The quantitative estimate of drug-likeness (QED) is 0.810. The summed E-state index contributed by atoms with van der Waals surface area (Å²) in [5.74, 6) is 0.338. The number of piperidine rings is 1. The Hall–Kier alpha value is -2.50. The molecule has 4 rings (SSSR count). The number of hydrogen-bond donors (Lipinski definition) is 0. The maximum atomic E-state index is 13.2. The molecule has 0 N–H and O–H groups in total. The van der Waals surface area contributed by atoms with Gasteiger partial charge in [-0.25, -0.2) is 9.37 Å². The summed E-state index contributed by atoms with van der Waals surface area (Å²) in [6.45, 7) is 5.56. The van der Waals surface area contributed by atoms with Crippen molar-refractivity contribution in [1.82, 2.24) is 14.5 Å². The van der Waals surface area contributed by atoms with Crippen LogP contribution in [0.3, 0.4) is 0 Å². The highest BCUT2D eigenvalue weighted by Crippen LogP contribution is 2.43. The lowest BCUT2D eigenvalue weighted by atomic mass is 9.76. The first kappa shape index (κ1) is 18.8. The van der Waals surface area contributed by atoms with Gasteiger partial charge in [-0.3, -0.25) is 9.59 Å². The molecule has 2 bridgehead atoms. The molecule has 1 fully saturated rings. The average Bonchev–Trinajstić information content (AvgIpc) is 2.68. The van der Waals surface area contributed by atoms with Gasteiger partial charge in [0, 0.05) is 36.8 Å². The molecule has 3 atom stereocenters. The number of carbonyl (C=O) groups excluding carboxylic acids is 1. The first-order valence-electron chi connectivity index (χ1n) is 10.1. The zero-order valence-corrected chi connectivity index (χ0v) is 16.3. The van der Waals surface area contributed by atoms with Gasteiger partial charge in [0.2, 0.25) is 0 Å². The molecule has 2 aliphatic heterocycles. The molecule has 28 heavy (non-hydrogen) atoms. The van der Waals surface area contributed by atoms with E-state index in [0.29, 0.717) is 19.0 Å². The minimum Gasteiger partial charge on any atom is -0.336 e. The molecule has 0 saturated carbocycles. The Bertz CT molecular complexity index is 922. The van der Waals surface area contributed by atoms with Crippen molar-refractivity contribution in [3.05, 3.63) is 64.1 Å². The lowest BCUT2D eigenvalue weighted by molar-refractivity contribution is 0.0508. The van der Waals surface area contributed by atoms with Gasteiger partial charge in [-0.05, 0) is 49.3 Å². The number of aromatic nitrogens is 2. The van der Waals surface area contributed by atoms with Crippen LogP contribution in [0.1, 0.15) is 61.3 Å². The number of rotatable bonds is 4. The fourth-order valence-electron chi connectivity index (χ4n) is 4.75. The fourth-order valence-corrected chi connectivity index (χ4v) is 4.75. The van der Waals surface area contributed by atoms with Crippen LogP contribution < -0.4 is 5.56 Å². The first-order valence-corrected chi connectivity index (χ1v) is 10.1. The van der Waals surface area contributed by atoms with Gasteiger partial charge in [0.15, 0.2) is 0 Å². The summed E-state index contributed by atoms with van der Waals surface area (Å²) >= 11 is 0. The average molecular weight is 383 g/mol. The summed E-state index contributed by atoms with van der Waals surface area (Å²) in [4.78, 5) is 31.4. The molecule has 2 aliphatic rings. The normalized spacial score (nSPS) is 23.6. The Morgan fingerprint density at radius 2 is 2.07 bits per heavy atom. The van der Waals surface area contributed by atoms with Crippen LogP contribution in [0.15, 0.2) is 41.3 Å². The van der Waals surface area contributed by atoms with Gasteiger partial charge in [0.25, 0.3) is 11.5 Å². The summed E-state index contributed by atoms with van der Waals surface area (Å²) in [7, 11) is 0. The lowest BCUT2D eigenvalue weighted by Crippen LogP contribution is -2.51. The van der Waals surface area contributed by atoms with Crippen LogP contribution in [0.25, 0.3) is 0 Å². The largest absolute Gasteiger partial charge is 0.336 e. The summed E-state index contributed by atoms with van der Waals surface area (Å²) in [6, 6.07) is 8.30. The third kappa shape index (κ3) is 3.48. The molecule has 0 spiro atoms. The van der Waals surface area contributed by atoms with E-state index in [4.69, 9.17) is 0 Å². The third-order valence-electron chi connectivity index (χ3n) is 6.07. The van der Waals surface area contributed by atoms with Crippen molar-refractivity contribution in [2.75, 3.05) is 13.1 Å². The Kier molecular flexibility index (Phi) is 5.04. The Balaban J connectivity index is 1.65. The van der Waals surface area contributed by atoms with Crippen LogP contribution in [-0.2, 0) is 0 Å². The van der Waals surface area contributed by atoms with E-state index in [2.05, 4.69) is 18.8 Å². The number of nitrogens with zero attached hydrogens (tertiary/aromatic N) is 3. The Morgan fingerprint density at radius 1 is 1.25 bits per heavy atom. The molecular formula is C22H26FN3O2. The van der Waals surface area contributed by atoms with Gasteiger partial charge in [-0.1, -0.05) is 19.9 Å². The van der Waals surface area contributed by atoms with Crippen LogP contribution in [0, 0.1) is 17.7 Å². The molecule has 1 amide bonds. The molecule has 2 aromatic rings. The van der Waals surface area contributed by atoms with Crippen LogP contribution in [0.2, 0.25) is 0 Å². The van der Waals surface area contributed by atoms with Crippen LogP contribution in [-0.4, -0.2) is 33.4 Å². The van der Waals surface area contributed by atoms with E-state index in [-0.39, 0.29) is 35.0 Å². The molecule has 0 aromatic carbocycles. The second-order valence-corrected chi connectivity index (χ2v) is 8.46. The van der Waals surface area contributed by atoms with Gasteiger partial charge >= 0.3 is 0 Å². The zero-order chi connectivity index (χ0) is 19.8. The Labute approximate surface area is 164 Å². The van der Waals surface area contributed by atoms with Crippen LogP contribution in [0.4, 0.5) is 4.39 Å². The molecular weight excluding hydrogens is 357 g/mol. The smallest absolute Gasteiger partial charge is 0.272 e. The van der Waals surface area contributed by atoms with Crippen LogP contribution in [0.5, 0.6) is 0 Å². The van der Waals surface area contributed by atoms with Crippen molar-refractivity contribution in [2.24, 2.45) is 11.8 Å². The van der Waals surface area contributed by atoms with E-state index in [1.165, 1.54) is 12.1 Å². The van der Waals surface area contributed by atoms with Gasteiger partial charge < -0.3 is 9.47 Å². The molecule has 4 heterocycles. The maximum absolute atomic E-state index is 13.2. The van der Waals surface area contributed by atoms with Crippen molar-refractivity contribution in [3.63, 3.8) is 0 Å². The molecule has 6 heteroatoms. The second-order valence-electron chi connectivity index (χ2n) is 8.46.